The molecule has 0 atom stereocenters. The first-order valence-electron chi connectivity index (χ1n) is 4.48. The van der Waals surface area contributed by atoms with Gasteiger partial charge in [-0.2, -0.15) is 0 Å². The normalized spacial score (nSPS) is 17.0. The third-order valence-corrected chi connectivity index (χ3v) is 3.55. The Bertz CT molecular complexity index is 364. The van der Waals surface area contributed by atoms with Crippen LogP contribution in [0.4, 0.5) is 0 Å². The monoisotopic (exact) mass is 292 g/mol. The molecule has 82 valence electrons. The minimum atomic E-state index is -0.355. The van der Waals surface area contributed by atoms with E-state index in [1.165, 1.54) is 0 Å². The molecule has 0 N–H and O–H groups in total. The zero-order valence-electron chi connectivity index (χ0n) is 8.13. The van der Waals surface area contributed by atoms with Crippen LogP contribution in [-0.2, 0) is 9.47 Å². The lowest BCUT2D eigenvalue weighted by molar-refractivity contribution is -0.0447. The fourth-order valence-electron chi connectivity index (χ4n) is 1.41. The summed E-state index contributed by atoms with van der Waals surface area (Å²) in [7, 11) is 1.60. The number of rotatable bonds is 2. The molecule has 1 aromatic rings. The molecule has 1 aromatic carbocycles. The molecule has 15 heavy (non-hydrogen) atoms. The maximum atomic E-state index is 6.04. The standard InChI is InChI=1S/C10H10BrClO3/c1-13-6-4-7(9(11)8(12)5-6)10-14-2-3-15-10/h4-5,10H,2-3H2,1H3. The second kappa shape index (κ2) is 4.70. The molecule has 0 aliphatic carbocycles. The molecule has 0 saturated carbocycles. The van der Waals surface area contributed by atoms with Crippen molar-refractivity contribution in [2.45, 2.75) is 6.29 Å². The Balaban J connectivity index is 2.39. The maximum Gasteiger partial charge on any atom is 0.185 e. The third-order valence-electron chi connectivity index (χ3n) is 2.14. The first-order chi connectivity index (χ1) is 7.22. The Labute approximate surface area is 101 Å². The van der Waals surface area contributed by atoms with Crippen LogP contribution < -0.4 is 4.74 Å². The van der Waals surface area contributed by atoms with Crippen LogP contribution in [-0.4, -0.2) is 20.3 Å². The van der Waals surface area contributed by atoms with Crippen molar-refractivity contribution < 1.29 is 14.2 Å². The minimum Gasteiger partial charge on any atom is -0.497 e. The van der Waals surface area contributed by atoms with Crippen molar-refractivity contribution >= 4 is 27.5 Å². The summed E-state index contributed by atoms with van der Waals surface area (Å²) in [5, 5.41) is 0.587. The van der Waals surface area contributed by atoms with Crippen molar-refractivity contribution in [2.24, 2.45) is 0 Å². The molecule has 3 nitrogen and oxygen atoms in total. The first-order valence-corrected chi connectivity index (χ1v) is 5.65. The van der Waals surface area contributed by atoms with Gasteiger partial charge in [0.15, 0.2) is 6.29 Å². The van der Waals surface area contributed by atoms with Gasteiger partial charge in [0.2, 0.25) is 0 Å². The predicted molar refractivity (Wildman–Crippen MR) is 60.3 cm³/mol. The predicted octanol–water partition coefficient (Wildman–Crippen LogP) is 3.16. The second-order valence-corrected chi connectivity index (χ2v) is 4.29. The maximum absolute atomic E-state index is 6.04. The topological polar surface area (TPSA) is 27.7 Å². The molecule has 1 fully saturated rings. The van der Waals surface area contributed by atoms with E-state index in [4.69, 9.17) is 25.8 Å². The summed E-state index contributed by atoms with van der Waals surface area (Å²) in [6, 6.07) is 3.59. The summed E-state index contributed by atoms with van der Waals surface area (Å²) in [4.78, 5) is 0. The fraction of sp³-hybridized carbons (Fsp3) is 0.400. The number of methoxy groups -OCH3 is 1. The lowest BCUT2D eigenvalue weighted by Crippen LogP contribution is -2.00. The Hall–Kier alpha value is -0.290. The number of benzene rings is 1. The Kier molecular flexibility index (Phi) is 3.51. The highest BCUT2D eigenvalue weighted by molar-refractivity contribution is 9.10. The second-order valence-electron chi connectivity index (χ2n) is 3.09. The van der Waals surface area contributed by atoms with E-state index in [1.807, 2.05) is 6.07 Å². The largest absolute Gasteiger partial charge is 0.497 e. The fourth-order valence-corrected chi connectivity index (χ4v) is 2.04. The molecule has 0 aromatic heterocycles. The van der Waals surface area contributed by atoms with Gasteiger partial charge in [0, 0.05) is 10.0 Å². The van der Waals surface area contributed by atoms with Crippen LogP contribution in [0.3, 0.4) is 0 Å². The molecular formula is C10H10BrClO3. The molecule has 1 saturated heterocycles. The van der Waals surface area contributed by atoms with E-state index in [0.717, 1.165) is 10.0 Å². The van der Waals surface area contributed by atoms with E-state index in [2.05, 4.69) is 15.9 Å². The molecule has 0 amide bonds. The Morgan fingerprint density at radius 2 is 2.07 bits per heavy atom. The molecule has 1 aliphatic heterocycles. The zero-order chi connectivity index (χ0) is 10.8. The molecule has 5 heteroatoms. The minimum absolute atomic E-state index is 0.355. The van der Waals surface area contributed by atoms with E-state index in [1.54, 1.807) is 13.2 Å². The van der Waals surface area contributed by atoms with Gasteiger partial charge in [-0.1, -0.05) is 11.6 Å². The summed E-state index contributed by atoms with van der Waals surface area (Å²) in [5.74, 6) is 0.692. The van der Waals surface area contributed by atoms with Crippen molar-refractivity contribution in [1.82, 2.24) is 0 Å². The number of hydrogen-bond acceptors (Lipinski definition) is 3. The van der Waals surface area contributed by atoms with Crippen LogP contribution in [0, 0.1) is 0 Å². The van der Waals surface area contributed by atoms with Gasteiger partial charge < -0.3 is 14.2 Å². The number of halogens is 2. The Morgan fingerprint density at radius 1 is 1.40 bits per heavy atom. The van der Waals surface area contributed by atoms with Crippen LogP contribution in [0.5, 0.6) is 5.75 Å². The summed E-state index contributed by atoms with van der Waals surface area (Å²) < 4.78 is 16.7. The molecule has 0 spiro atoms. The van der Waals surface area contributed by atoms with Crippen molar-refractivity contribution in [2.75, 3.05) is 20.3 Å². The summed E-state index contributed by atoms with van der Waals surface area (Å²) in [6.07, 6.45) is -0.355. The van der Waals surface area contributed by atoms with E-state index in [9.17, 15) is 0 Å². The van der Waals surface area contributed by atoms with Crippen LogP contribution in [0.1, 0.15) is 11.9 Å². The van der Waals surface area contributed by atoms with Crippen molar-refractivity contribution in [1.29, 1.82) is 0 Å². The van der Waals surface area contributed by atoms with Gasteiger partial charge in [0.25, 0.3) is 0 Å². The quantitative estimate of drug-likeness (QED) is 0.838. The van der Waals surface area contributed by atoms with Crippen molar-refractivity contribution in [3.63, 3.8) is 0 Å². The average molecular weight is 294 g/mol. The van der Waals surface area contributed by atoms with E-state index >= 15 is 0 Å². The van der Waals surface area contributed by atoms with Crippen molar-refractivity contribution in [3.8, 4) is 5.75 Å². The molecule has 2 rings (SSSR count). The van der Waals surface area contributed by atoms with Crippen molar-refractivity contribution in [3.05, 3.63) is 27.2 Å². The van der Waals surface area contributed by atoms with Crippen LogP contribution in [0.15, 0.2) is 16.6 Å². The molecule has 0 unspecified atom stereocenters. The van der Waals surface area contributed by atoms with Gasteiger partial charge in [-0.15, -0.1) is 0 Å². The highest BCUT2D eigenvalue weighted by atomic mass is 79.9. The van der Waals surface area contributed by atoms with Crippen LogP contribution in [0.25, 0.3) is 0 Å². The summed E-state index contributed by atoms with van der Waals surface area (Å²) in [6.45, 7) is 1.21. The van der Waals surface area contributed by atoms with Gasteiger partial charge in [-0.3, -0.25) is 0 Å². The lowest BCUT2D eigenvalue weighted by Gasteiger charge is -2.14. The number of hydrogen-bond donors (Lipinski definition) is 0. The van der Waals surface area contributed by atoms with E-state index < -0.39 is 0 Å². The molecular weight excluding hydrogens is 283 g/mol. The van der Waals surface area contributed by atoms with Gasteiger partial charge in [-0.25, -0.2) is 0 Å². The van der Waals surface area contributed by atoms with Gasteiger partial charge >= 0.3 is 0 Å². The smallest absolute Gasteiger partial charge is 0.185 e. The molecule has 0 radical (unpaired) electrons. The lowest BCUT2D eigenvalue weighted by atomic mass is 10.2. The third kappa shape index (κ3) is 2.28. The summed E-state index contributed by atoms with van der Waals surface area (Å²) >= 11 is 9.44. The summed E-state index contributed by atoms with van der Waals surface area (Å²) in [5.41, 5.74) is 0.858. The molecule has 0 bridgehead atoms. The Morgan fingerprint density at radius 3 is 2.67 bits per heavy atom. The van der Waals surface area contributed by atoms with Gasteiger partial charge in [-0.05, 0) is 28.1 Å². The van der Waals surface area contributed by atoms with Gasteiger partial charge in [0.1, 0.15) is 5.75 Å². The van der Waals surface area contributed by atoms with E-state index in [-0.39, 0.29) is 6.29 Å². The first kappa shape index (κ1) is 11.2. The number of ether oxygens (including phenoxy) is 3. The van der Waals surface area contributed by atoms with Crippen LogP contribution in [0.2, 0.25) is 5.02 Å². The highest BCUT2D eigenvalue weighted by Gasteiger charge is 2.22. The van der Waals surface area contributed by atoms with Crippen LogP contribution >= 0.6 is 27.5 Å². The molecule has 1 aliphatic rings. The molecule has 1 heterocycles. The van der Waals surface area contributed by atoms with Gasteiger partial charge in [0.05, 0.1) is 25.3 Å². The SMILES string of the molecule is COc1cc(Cl)c(Br)c(C2OCCO2)c1. The van der Waals surface area contributed by atoms with E-state index in [0.29, 0.717) is 24.0 Å². The average Bonchev–Trinajstić information content (AvgIpc) is 2.75. The highest BCUT2D eigenvalue weighted by Crippen LogP contribution is 2.37. The zero-order valence-corrected chi connectivity index (χ0v) is 10.5.